The Bertz CT molecular complexity index is 830. The zero-order valence-electron chi connectivity index (χ0n) is 14.2. The summed E-state index contributed by atoms with van der Waals surface area (Å²) in [6, 6.07) is 8.97. The molecular weight excluding hydrogens is 340 g/mol. The monoisotopic (exact) mass is 358 g/mol. The van der Waals surface area contributed by atoms with Gasteiger partial charge in [0.05, 0.1) is 18.5 Å². The quantitative estimate of drug-likeness (QED) is 0.771. The number of carbonyl (C=O) groups excluding carboxylic acids is 2. The number of carbonyl (C=O) groups is 2. The van der Waals surface area contributed by atoms with Gasteiger partial charge in [-0.2, -0.15) is 0 Å². The maximum Gasteiger partial charge on any atom is 0.272 e. The summed E-state index contributed by atoms with van der Waals surface area (Å²) in [5.74, 6) is 0.849. The highest BCUT2D eigenvalue weighted by atomic mass is 32.1. The van der Waals surface area contributed by atoms with E-state index < -0.39 is 6.10 Å². The molecule has 1 aliphatic rings. The first kappa shape index (κ1) is 17.2. The molecule has 0 aliphatic carbocycles. The number of benzene rings is 1. The summed E-state index contributed by atoms with van der Waals surface area (Å²) in [4.78, 5) is 32.0. The third kappa shape index (κ3) is 3.41. The Morgan fingerprint density at radius 2 is 2.20 bits per heavy atom. The lowest BCUT2D eigenvalue weighted by Crippen LogP contribution is -2.46. The molecule has 0 spiro atoms. The van der Waals surface area contributed by atoms with Crippen LogP contribution in [0.2, 0.25) is 0 Å². The Labute approximate surface area is 149 Å². The van der Waals surface area contributed by atoms with Gasteiger partial charge in [-0.15, -0.1) is 11.3 Å². The van der Waals surface area contributed by atoms with Gasteiger partial charge in [0, 0.05) is 11.1 Å². The first-order valence-electron chi connectivity index (χ1n) is 7.78. The lowest BCUT2D eigenvalue weighted by atomic mass is 10.1. The van der Waals surface area contributed by atoms with Crippen LogP contribution < -0.4 is 4.74 Å². The Morgan fingerprint density at radius 1 is 1.40 bits per heavy atom. The highest BCUT2D eigenvalue weighted by Crippen LogP contribution is 2.26. The third-order valence-electron chi connectivity index (χ3n) is 3.92. The number of oxime groups is 1. The predicted octanol–water partition coefficient (Wildman–Crippen LogP) is 3.07. The van der Waals surface area contributed by atoms with E-state index >= 15 is 0 Å². The van der Waals surface area contributed by atoms with Crippen LogP contribution in [0, 0.1) is 0 Å². The van der Waals surface area contributed by atoms with Crippen molar-refractivity contribution in [3.63, 3.8) is 0 Å². The molecule has 0 saturated heterocycles. The highest BCUT2D eigenvalue weighted by Gasteiger charge is 2.33. The van der Waals surface area contributed by atoms with Crippen molar-refractivity contribution in [2.24, 2.45) is 5.16 Å². The largest absolute Gasteiger partial charge is 0.496 e. The average Bonchev–Trinajstić information content (AvgIpc) is 3.13. The van der Waals surface area contributed by atoms with E-state index in [0.29, 0.717) is 17.1 Å². The minimum Gasteiger partial charge on any atom is -0.496 e. The van der Waals surface area contributed by atoms with E-state index in [-0.39, 0.29) is 18.2 Å². The van der Waals surface area contributed by atoms with Crippen molar-refractivity contribution in [1.82, 2.24) is 4.90 Å². The molecule has 2 aromatic rings. The summed E-state index contributed by atoms with van der Waals surface area (Å²) in [7, 11) is 1.56. The van der Waals surface area contributed by atoms with E-state index in [0.717, 1.165) is 10.4 Å². The third-order valence-corrected chi connectivity index (χ3v) is 4.79. The number of hydrogen-bond acceptors (Lipinski definition) is 6. The number of thiophene rings is 1. The topological polar surface area (TPSA) is 68.2 Å². The molecule has 1 amide bonds. The maximum absolute atomic E-state index is 12.7. The van der Waals surface area contributed by atoms with E-state index in [9.17, 15) is 9.59 Å². The molecule has 0 N–H and O–H groups in total. The van der Waals surface area contributed by atoms with Crippen LogP contribution in [-0.4, -0.2) is 35.6 Å². The fourth-order valence-electron chi connectivity index (χ4n) is 2.58. The summed E-state index contributed by atoms with van der Waals surface area (Å²) in [6.07, 6.45) is -0.661. The first-order valence-corrected chi connectivity index (χ1v) is 8.66. The highest BCUT2D eigenvalue weighted by molar-refractivity contribution is 7.12. The van der Waals surface area contributed by atoms with Crippen molar-refractivity contribution in [2.45, 2.75) is 26.5 Å². The standard InChI is InChI=1S/C18H18N2O4S/c1-11(21)13-6-7-15(23-3)14(9-13)10-20-17(16-5-4-8-25-16)19-24-12(2)18(20)22/h4-9,12H,10H2,1-3H3. The van der Waals surface area contributed by atoms with Gasteiger partial charge in [0.1, 0.15) is 5.75 Å². The molecule has 0 bridgehead atoms. The van der Waals surface area contributed by atoms with Crippen LogP contribution in [0.3, 0.4) is 0 Å². The number of ether oxygens (including phenoxy) is 1. The number of methoxy groups -OCH3 is 1. The van der Waals surface area contributed by atoms with Gasteiger partial charge in [-0.25, -0.2) is 0 Å². The van der Waals surface area contributed by atoms with Crippen LogP contribution in [0.1, 0.15) is 34.6 Å². The van der Waals surface area contributed by atoms with E-state index in [1.165, 1.54) is 18.3 Å². The van der Waals surface area contributed by atoms with Crippen molar-refractivity contribution >= 4 is 28.9 Å². The van der Waals surface area contributed by atoms with Crippen LogP contribution in [0.25, 0.3) is 0 Å². The molecule has 25 heavy (non-hydrogen) atoms. The molecule has 7 heteroatoms. The van der Waals surface area contributed by atoms with Crippen LogP contribution in [0.5, 0.6) is 5.75 Å². The number of rotatable bonds is 5. The number of hydrogen-bond donors (Lipinski definition) is 0. The second-order valence-electron chi connectivity index (χ2n) is 5.65. The summed E-state index contributed by atoms with van der Waals surface area (Å²) in [6.45, 7) is 3.41. The molecule has 1 unspecified atom stereocenters. The molecule has 1 aromatic carbocycles. The summed E-state index contributed by atoms with van der Waals surface area (Å²) in [5, 5.41) is 6.03. The normalized spacial score (nSPS) is 17.1. The number of Topliss-reactive ketones (excluding diaryl/α,β-unsaturated/α-hetero) is 1. The fraction of sp³-hybridized carbons (Fsp3) is 0.278. The van der Waals surface area contributed by atoms with Crippen LogP contribution in [-0.2, 0) is 16.2 Å². The van der Waals surface area contributed by atoms with Gasteiger partial charge in [-0.3, -0.25) is 14.5 Å². The SMILES string of the molecule is COc1ccc(C(C)=O)cc1CN1C(=O)C(C)ON=C1c1cccs1. The van der Waals surface area contributed by atoms with E-state index in [4.69, 9.17) is 9.57 Å². The van der Waals surface area contributed by atoms with E-state index in [1.807, 2.05) is 17.5 Å². The second-order valence-corrected chi connectivity index (χ2v) is 6.59. The lowest BCUT2D eigenvalue weighted by molar-refractivity contribution is -0.142. The second kappa shape index (κ2) is 7.06. The number of amidine groups is 1. The molecule has 0 fully saturated rings. The zero-order chi connectivity index (χ0) is 18.0. The minimum absolute atomic E-state index is 0.0438. The van der Waals surface area contributed by atoms with Crippen molar-refractivity contribution < 1.29 is 19.2 Å². The molecule has 130 valence electrons. The van der Waals surface area contributed by atoms with Gasteiger partial charge in [-0.1, -0.05) is 11.2 Å². The molecule has 1 aromatic heterocycles. The average molecular weight is 358 g/mol. The van der Waals surface area contributed by atoms with Crippen molar-refractivity contribution in [3.8, 4) is 5.75 Å². The smallest absolute Gasteiger partial charge is 0.272 e. The maximum atomic E-state index is 12.7. The summed E-state index contributed by atoms with van der Waals surface area (Å²) >= 11 is 1.47. The molecule has 1 aliphatic heterocycles. The Morgan fingerprint density at radius 3 is 2.84 bits per heavy atom. The van der Waals surface area contributed by atoms with Crippen LogP contribution in [0.15, 0.2) is 40.9 Å². The number of amides is 1. The van der Waals surface area contributed by atoms with Gasteiger partial charge >= 0.3 is 0 Å². The summed E-state index contributed by atoms with van der Waals surface area (Å²) < 4.78 is 5.39. The van der Waals surface area contributed by atoms with Gasteiger partial charge in [0.15, 0.2) is 11.6 Å². The number of ketones is 1. The van der Waals surface area contributed by atoms with Crippen molar-refractivity contribution in [3.05, 3.63) is 51.7 Å². The Hall–Kier alpha value is -2.67. The van der Waals surface area contributed by atoms with E-state index in [2.05, 4.69) is 5.16 Å². The van der Waals surface area contributed by atoms with E-state index in [1.54, 1.807) is 37.1 Å². The molecule has 1 atom stereocenters. The molecule has 6 nitrogen and oxygen atoms in total. The Kier molecular flexibility index (Phi) is 4.85. The molecule has 0 radical (unpaired) electrons. The van der Waals surface area contributed by atoms with Gasteiger partial charge in [0.2, 0.25) is 6.10 Å². The molecule has 2 heterocycles. The fourth-order valence-corrected chi connectivity index (χ4v) is 3.29. The molecule has 3 rings (SSSR count). The predicted molar refractivity (Wildman–Crippen MR) is 95.0 cm³/mol. The van der Waals surface area contributed by atoms with Gasteiger partial charge in [-0.05, 0) is 43.5 Å². The van der Waals surface area contributed by atoms with Crippen LogP contribution >= 0.6 is 11.3 Å². The van der Waals surface area contributed by atoms with Crippen LogP contribution in [0.4, 0.5) is 0 Å². The van der Waals surface area contributed by atoms with Gasteiger partial charge in [0.25, 0.3) is 5.91 Å². The molecular formula is C18H18N2O4S. The lowest BCUT2D eigenvalue weighted by Gasteiger charge is -2.29. The first-order chi connectivity index (χ1) is 12.0. The Balaban J connectivity index is 2.00. The minimum atomic E-state index is -0.661. The van der Waals surface area contributed by atoms with Crippen molar-refractivity contribution in [2.75, 3.05) is 7.11 Å². The molecule has 0 saturated carbocycles. The number of nitrogens with zero attached hydrogens (tertiary/aromatic N) is 2. The summed E-state index contributed by atoms with van der Waals surface area (Å²) in [5.41, 5.74) is 1.31. The zero-order valence-corrected chi connectivity index (χ0v) is 15.0. The van der Waals surface area contributed by atoms with Crippen molar-refractivity contribution in [1.29, 1.82) is 0 Å². The van der Waals surface area contributed by atoms with Gasteiger partial charge < -0.3 is 9.57 Å².